The molecule has 3 atom stereocenters. The third-order valence-electron chi connectivity index (χ3n) is 4.86. The van der Waals surface area contributed by atoms with Gasteiger partial charge in [-0.2, -0.15) is 0 Å². The Bertz CT molecular complexity index is 274. The van der Waals surface area contributed by atoms with Crippen LogP contribution in [0, 0.1) is 17.3 Å². The van der Waals surface area contributed by atoms with Crippen molar-refractivity contribution in [3.8, 4) is 0 Å². The van der Waals surface area contributed by atoms with Gasteiger partial charge in [-0.15, -0.1) is 0 Å². The molecule has 3 nitrogen and oxygen atoms in total. The van der Waals surface area contributed by atoms with Crippen molar-refractivity contribution in [2.75, 3.05) is 0 Å². The molecule has 3 unspecified atom stereocenters. The van der Waals surface area contributed by atoms with Crippen LogP contribution in [0.5, 0.6) is 0 Å². The third kappa shape index (κ3) is 0.956. The maximum absolute atomic E-state index is 10.8. The highest BCUT2D eigenvalue weighted by Crippen LogP contribution is 2.63. The molecule has 0 radical (unpaired) electrons. The number of rotatable bonds is 1. The zero-order chi connectivity index (χ0) is 10.6. The molecule has 0 aromatic heterocycles. The summed E-state index contributed by atoms with van der Waals surface area (Å²) < 4.78 is 0. The van der Waals surface area contributed by atoms with Crippen molar-refractivity contribution in [2.24, 2.45) is 17.3 Å². The minimum atomic E-state index is -0.870. The largest absolute Gasteiger partial charge is 0.465 e. The van der Waals surface area contributed by atoms with E-state index in [1.54, 1.807) is 0 Å². The Morgan fingerprint density at radius 2 is 2.07 bits per heavy atom. The molecular weight excluding hydrogens is 178 g/mol. The lowest BCUT2D eigenvalue weighted by Crippen LogP contribution is -2.74. The van der Waals surface area contributed by atoms with Gasteiger partial charge in [-0.3, -0.25) is 0 Å². The van der Waals surface area contributed by atoms with Gasteiger partial charge in [-0.05, 0) is 36.5 Å². The van der Waals surface area contributed by atoms with Crippen molar-refractivity contribution >= 4 is 6.09 Å². The van der Waals surface area contributed by atoms with Gasteiger partial charge in [0.2, 0.25) is 0 Å². The molecule has 0 aromatic rings. The molecule has 3 heteroatoms. The molecular formula is C11H19NO2. The monoisotopic (exact) mass is 197 g/mol. The van der Waals surface area contributed by atoms with E-state index in [0.717, 1.165) is 12.8 Å². The van der Waals surface area contributed by atoms with E-state index in [0.29, 0.717) is 11.8 Å². The predicted octanol–water partition coefficient (Wildman–Crippen LogP) is 2.47. The van der Waals surface area contributed by atoms with Gasteiger partial charge in [0.05, 0.1) is 5.54 Å². The van der Waals surface area contributed by atoms with E-state index in [-0.39, 0.29) is 11.0 Å². The van der Waals surface area contributed by atoms with Gasteiger partial charge < -0.3 is 10.4 Å². The number of nitrogens with one attached hydrogen (secondary N) is 1. The van der Waals surface area contributed by atoms with Gasteiger partial charge in [0.15, 0.2) is 0 Å². The molecule has 14 heavy (non-hydrogen) atoms. The molecule has 0 spiro atoms. The fraction of sp³-hybridized carbons (Fsp3) is 0.909. The zero-order valence-electron chi connectivity index (χ0n) is 9.13. The summed E-state index contributed by atoms with van der Waals surface area (Å²) in [7, 11) is 0. The summed E-state index contributed by atoms with van der Waals surface area (Å²) in [6.45, 7) is 6.58. The minimum Gasteiger partial charge on any atom is -0.465 e. The molecule has 3 rings (SSSR count). The van der Waals surface area contributed by atoms with Crippen LogP contribution in [-0.4, -0.2) is 16.7 Å². The molecule has 3 saturated carbocycles. The van der Waals surface area contributed by atoms with Gasteiger partial charge in [0, 0.05) is 0 Å². The molecule has 0 aromatic carbocycles. The number of fused-ring (bicyclic) bond motifs is 2. The van der Waals surface area contributed by atoms with E-state index in [1.165, 1.54) is 6.42 Å². The standard InChI is InChI=1S/C11H19NO2/c1-7-4-5-8-6-11(7,10(8,2)3)12-9(13)14/h7-8,12H,4-6H2,1-3H3,(H,13,14). The minimum absolute atomic E-state index is 0.142. The van der Waals surface area contributed by atoms with Crippen molar-refractivity contribution in [3.63, 3.8) is 0 Å². The lowest BCUT2D eigenvalue weighted by Gasteiger charge is -2.68. The second kappa shape index (κ2) is 2.65. The summed E-state index contributed by atoms with van der Waals surface area (Å²) in [6.07, 6.45) is 2.59. The first kappa shape index (κ1) is 9.81. The van der Waals surface area contributed by atoms with Gasteiger partial charge in [0.1, 0.15) is 0 Å². The summed E-state index contributed by atoms with van der Waals surface area (Å²) in [4.78, 5) is 10.8. The highest BCUT2D eigenvalue weighted by Gasteiger charge is 2.65. The van der Waals surface area contributed by atoms with E-state index in [9.17, 15) is 4.79 Å². The number of carboxylic acid groups (broad SMARTS) is 1. The van der Waals surface area contributed by atoms with Crippen LogP contribution in [0.4, 0.5) is 4.79 Å². The average Bonchev–Trinajstić information content (AvgIpc) is 2.07. The van der Waals surface area contributed by atoms with Crippen molar-refractivity contribution < 1.29 is 9.90 Å². The third-order valence-corrected chi connectivity index (χ3v) is 4.86. The highest BCUT2D eigenvalue weighted by atomic mass is 16.4. The van der Waals surface area contributed by atoms with Crippen LogP contribution in [0.25, 0.3) is 0 Å². The van der Waals surface area contributed by atoms with E-state index >= 15 is 0 Å². The van der Waals surface area contributed by atoms with Gasteiger partial charge in [0.25, 0.3) is 0 Å². The summed E-state index contributed by atoms with van der Waals surface area (Å²) in [6, 6.07) is 0. The summed E-state index contributed by atoms with van der Waals surface area (Å²) in [5.41, 5.74) is -0.00912. The van der Waals surface area contributed by atoms with E-state index in [2.05, 4.69) is 26.1 Å². The first-order valence-corrected chi connectivity index (χ1v) is 5.41. The van der Waals surface area contributed by atoms with Crippen molar-refractivity contribution in [1.29, 1.82) is 0 Å². The Morgan fingerprint density at radius 1 is 1.43 bits per heavy atom. The van der Waals surface area contributed by atoms with Crippen LogP contribution in [0.15, 0.2) is 0 Å². The van der Waals surface area contributed by atoms with E-state index in [1.807, 2.05) is 0 Å². The topological polar surface area (TPSA) is 49.3 Å². The van der Waals surface area contributed by atoms with Crippen molar-refractivity contribution in [1.82, 2.24) is 5.32 Å². The number of hydrogen-bond acceptors (Lipinski definition) is 1. The molecule has 2 N–H and O–H groups in total. The van der Waals surface area contributed by atoms with Crippen molar-refractivity contribution in [3.05, 3.63) is 0 Å². The van der Waals surface area contributed by atoms with Crippen LogP contribution in [-0.2, 0) is 0 Å². The Hall–Kier alpha value is -0.730. The Balaban J connectivity index is 2.26. The highest BCUT2D eigenvalue weighted by molar-refractivity contribution is 5.66. The molecule has 2 bridgehead atoms. The molecule has 3 fully saturated rings. The SMILES string of the molecule is CC1CCC2CC1(NC(=O)O)C2(C)C. The normalized spacial score (nSPS) is 43.9. The maximum atomic E-state index is 10.8. The van der Waals surface area contributed by atoms with Crippen LogP contribution in [0.2, 0.25) is 0 Å². The number of amides is 1. The van der Waals surface area contributed by atoms with Gasteiger partial charge >= 0.3 is 6.09 Å². The van der Waals surface area contributed by atoms with E-state index < -0.39 is 6.09 Å². The Kier molecular flexibility index (Phi) is 1.85. The lowest BCUT2D eigenvalue weighted by atomic mass is 9.41. The van der Waals surface area contributed by atoms with Crippen LogP contribution in [0.3, 0.4) is 0 Å². The fourth-order valence-corrected chi connectivity index (χ4v) is 3.66. The molecule has 80 valence electrons. The fourth-order valence-electron chi connectivity index (χ4n) is 3.66. The smallest absolute Gasteiger partial charge is 0.405 e. The average molecular weight is 197 g/mol. The predicted molar refractivity (Wildman–Crippen MR) is 54.2 cm³/mol. The van der Waals surface area contributed by atoms with E-state index in [4.69, 9.17) is 5.11 Å². The van der Waals surface area contributed by atoms with Gasteiger partial charge in [-0.25, -0.2) is 4.79 Å². The number of hydrogen-bond donors (Lipinski definition) is 2. The molecule has 0 heterocycles. The lowest BCUT2D eigenvalue weighted by molar-refractivity contribution is -0.141. The Labute approximate surface area is 84.9 Å². The van der Waals surface area contributed by atoms with Crippen LogP contribution in [0.1, 0.15) is 40.0 Å². The second-order valence-electron chi connectivity index (χ2n) is 5.50. The Morgan fingerprint density at radius 3 is 2.50 bits per heavy atom. The van der Waals surface area contributed by atoms with Crippen LogP contribution >= 0.6 is 0 Å². The van der Waals surface area contributed by atoms with Gasteiger partial charge in [-0.1, -0.05) is 20.8 Å². The molecule has 0 saturated heterocycles. The molecule has 3 aliphatic rings. The molecule has 1 amide bonds. The first-order chi connectivity index (χ1) is 6.40. The van der Waals surface area contributed by atoms with Crippen molar-refractivity contribution in [2.45, 2.75) is 45.6 Å². The number of carbonyl (C=O) groups is 1. The molecule has 3 aliphatic carbocycles. The summed E-state index contributed by atoms with van der Waals surface area (Å²) in [5, 5.41) is 11.7. The van der Waals surface area contributed by atoms with Crippen LogP contribution < -0.4 is 5.32 Å². The zero-order valence-corrected chi connectivity index (χ0v) is 9.13. The first-order valence-electron chi connectivity index (χ1n) is 5.41. The maximum Gasteiger partial charge on any atom is 0.405 e. The summed E-state index contributed by atoms with van der Waals surface area (Å²) >= 11 is 0. The second-order valence-corrected chi connectivity index (χ2v) is 5.50. The quantitative estimate of drug-likeness (QED) is 0.678. The summed E-state index contributed by atoms with van der Waals surface area (Å²) in [5.74, 6) is 1.18. The molecule has 0 aliphatic heterocycles.